The number of hydrogen-bond acceptors (Lipinski definition) is 6. The fourth-order valence-corrected chi connectivity index (χ4v) is 2.63. The van der Waals surface area contributed by atoms with Crippen molar-refractivity contribution in [3.63, 3.8) is 0 Å². The van der Waals surface area contributed by atoms with E-state index in [9.17, 15) is 0 Å². The summed E-state index contributed by atoms with van der Waals surface area (Å²) in [5.41, 5.74) is 7.45. The molecule has 18 heavy (non-hydrogen) atoms. The van der Waals surface area contributed by atoms with Crippen LogP contribution in [0.5, 0.6) is 0 Å². The van der Waals surface area contributed by atoms with E-state index in [1.807, 2.05) is 6.20 Å². The highest BCUT2D eigenvalue weighted by Crippen LogP contribution is 2.26. The quantitative estimate of drug-likeness (QED) is 0.882. The van der Waals surface area contributed by atoms with Crippen LogP contribution < -0.4 is 11.1 Å². The molecule has 1 atom stereocenters. The molecule has 0 saturated carbocycles. The molecule has 2 aromatic heterocycles. The highest BCUT2D eigenvalue weighted by Gasteiger charge is 2.17. The van der Waals surface area contributed by atoms with Crippen LogP contribution in [0.1, 0.15) is 24.6 Å². The number of nitrogens with zero attached hydrogens (tertiary/aromatic N) is 3. The predicted molar refractivity (Wildman–Crippen MR) is 74.8 cm³/mol. The topological polar surface area (TPSA) is 76.7 Å². The molecule has 1 saturated heterocycles. The van der Waals surface area contributed by atoms with E-state index in [1.54, 1.807) is 12.4 Å². The Bertz CT molecular complexity index is 506. The van der Waals surface area contributed by atoms with E-state index in [0.717, 1.165) is 29.2 Å². The lowest BCUT2D eigenvalue weighted by atomic mass is 10.2. The third-order valence-corrected chi connectivity index (χ3v) is 3.71. The molecule has 1 aliphatic rings. The van der Waals surface area contributed by atoms with E-state index < -0.39 is 0 Å². The van der Waals surface area contributed by atoms with Gasteiger partial charge in [0.15, 0.2) is 5.13 Å². The van der Waals surface area contributed by atoms with Gasteiger partial charge in [0.05, 0.1) is 29.0 Å². The van der Waals surface area contributed by atoms with Gasteiger partial charge in [-0.1, -0.05) is 11.3 Å². The number of nitrogens with one attached hydrogen (secondary N) is 1. The maximum atomic E-state index is 5.59. The summed E-state index contributed by atoms with van der Waals surface area (Å²) in [7, 11) is 0. The molecule has 3 N–H and O–H groups in total. The molecule has 0 spiro atoms. The summed E-state index contributed by atoms with van der Waals surface area (Å²) in [4.78, 5) is 13.8. The third-order valence-electron chi connectivity index (χ3n) is 2.87. The molecule has 2 aromatic rings. The Morgan fingerprint density at radius 2 is 2.11 bits per heavy atom. The number of thiazole rings is 1. The van der Waals surface area contributed by atoms with Gasteiger partial charge in [-0.05, 0) is 19.4 Å². The third kappa shape index (κ3) is 2.60. The predicted octanol–water partition coefficient (Wildman–Crippen LogP) is 2.03. The largest absolute Gasteiger partial charge is 0.375 e. The van der Waals surface area contributed by atoms with Crippen LogP contribution in [-0.2, 0) is 0 Å². The molecule has 0 bridgehead atoms. The molecule has 96 valence electrons. The van der Waals surface area contributed by atoms with Gasteiger partial charge in [-0.25, -0.2) is 4.98 Å². The Labute approximate surface area is 115 Å². The minimum atomic E-state index is 0. The Kier molecular flexibility index (Phi) is 4.11. The van der Waals surface area contributed by atoms with Crippen LogP contribution in [0.3, 0.4) is 0 Å². The van der Waals surface area contributed by atoms with Crippen LogP contribution in [0, 0.1) is 0 Å². The van der Waals surface area contributed by atoms with Gasteiger partial charge in [0.25, 0.3) is 0 Å². The van der Waals surface area contributed by atoms with Gasteiger partial charge in [-0.2, -0.15) is 0 Å². The van der Waals surface area contributed by atoms with Crippen molar-refractivity contribution in [3.05, 3.63) is 24.3 Å². The lowest BCUT2D eigenvalue weighted by Crippen LogP contribution is -2.14. The van der Waals surface area contributed by atoms with Crippen molar-refractivity contribution < 1.29 is 0 Å². The van der Waals surface area contributed by atoms with E-state index in [-0.39, 0.29) is 12.4 Å². The summed E-state index contributed by atoms with van der Waals surface area (Å²) in [6.45, 7) is 1.07. The molecular weight excluding hydrogens is 270 g/mol. The summed E-state index contributed by atoms with van der Waals surface area (Å²) in [5, 5.41) is 3.96. The van der Waals surface area contributed by atoms with E-state index in [2.05, 4.69) is 20.3 Å². The van der Waals surface area contributed by atoms with Crippen molar-refractivity contribution in [2.75, 3.05) is 12.3 Å². The molecule has 0 radical (unpaired) electrons. The SMILES string of the molecule is Cl.Nc1ncc(-c2cnc(C3CCCN3)cn2)s1. The molecule has 1 fully saturated rings. The zero-order chi connectivity index (χ0) is 11.7. The fourth-order valence-electron chi connectivity index (χ4n) is 1.99. The lowest BCUT2D eigenvalue weighted by molar-refractivity contribution is 0.624. The normalized spacial score (nSPS) is 18.6. The molecular formula is C11H14ClN5S. The van der Waals surface area contributed by atoms with Gasteiger partial charge < -0.3 is 11.1 Å². The number of anilines is 1. The Balaban J connectivity index is 0.00000120. The van der Waals surface area contributed by atoms with Gasteiger partial charge >= 0.3 is 0 Å². The van der Waals surface area contributed by atoms with Gasteiger partial charge in [-0.15, -0.1) is 12.4 Å². The van der Waals surface area contributed by atoms with Crippen molar-refractivity contribution in [1.29, 1.82) is 0 Å². The van der Waals surface area contributed by atoms with Gasteiger partial charge in [0, 0.05) is 6.20 Å². The van der Waals surface area contributed by atoms with Crippen LogP contribution >= 0.6 is 23.7 Å². The first kappa shape index (κ1) is 13.2. The number of rotatable bonds is 2. The second-order valence-electron chi connectivity index (χ2n) is 4.04. The first-order valence-corrected chi connectivity index (χ1v) is 6.41. The average molecular weight is 284 g/mol. The van der Waals surface area contributed by atoms with E-state index in [0.29, 0.717) is 11.2 Å². The minimum absolute atomic E-state index is 0. The monoisotopic (exact) mass is 283 g/mol. The molecule has 0 amide bonds. The van der Waals surface area contributed by atoms with Gasteiger partial charge in [-0.3, -0.25) is 9.97 Å². The summed E-state index contributed by atoms with van der Waals surface area (Å²) in [5.74, 6) is 0. The second-order valence-corrected chi connectivity index (χ2v) is 5.10. The highest BCUT2D eigenvalue weighted by molar-refractivity contribution is 7.18. The van der Waals surface area contributed by atoms with Crippen LogP contribution in [0.25, 0.3) is 10.6 Å². The zero-order valence-corrected chi connectivity index (χ0v) is 11.3. The minimum Gasteiger partial charge on any atom is -0.375 e. The number of aromatic nitrogens is 3. The number of nitrogen functional groups attached to an aromatic ring is 1. The average Bonchev–Trinajstić information content (AvgIpc) is 3.00. The maximum absolute atomic E-state index is 5.59. The highest BCUT2D eigenvalue weighted by atomic mass is 35.5. The van der Waals surface area contributed by atoms with Crippen molar-refractivity contribution in [1.82, 2.24) is 20.3 Å². The van der Waals surface area contributed by atoms with Crippen molar-refractivity contribution in [2.45, 2.75) is 18.9 Å². The summed E-state index contributed by atoms with van der Waals surface area (Å²) in [6.07, 6.45) is 7.72. The van der Waals surface area contributed by atoms with Crippen molar-refractivity contribution in [2.24, 2.45) is 0 Å². The standard InChI is InChI=1S/C11H13N5S.ClH/c12-11-16-6-10(17-11)9-5-14-8(4-15-9)7-2-1-3-13-7;/h4-7,13H,1-3H2,(H2,12,16);1H. The molecule has 1 aliphatic heterocycles. The van der Waals surface area contributed by atoms with Gasteiger partial charge in [0.2, 0.25) is 0 Å². The Hall–Kier alpha value is -1.24. The Morgan fingerprint density at radius 1 is 1.22 bits per heavy atom. The summed E-state index contributed by atoms with van der Waals surface area (Å²) in [6, 6.07) is 0.364. The van der Waals surface area contributed by atoms with E-state index >= 15 is 0 Å². The van der Waals surface area contributed by atoms with E-state index in [1.165, 1.54) is 17.8 Å². The molecule has 1 unspecified atom stereocenters. The van der Waals surface area contributed by atoms with Crippen molar-refractivity contribution >= 4 is 28.9 Å². The molecule has 0 aromatic carbocycles. The molecule has 0 aliphatic carbocycles. The number of nitrogens with two attached hydrogens (primary N) is 1. The number of hydrogen-bond donors (Lipinski definition) is 2. The van der Waals surface area contributed by atoms with Crippen LogP contribution in [0.2, 0.25) is 0 Å². The summed E-state index contributed by atoms with van der Waals surface area (Å²) >= 11 is 1.43. The van der Waals surface area contributed by atoms with E-state index in [4.69, 9.17) is 5.73 Å². The Morgan fingerprint density at radius 3 is 2.67 bits per heavy atom. The lowest BCUT2D eigenvalue weighted by Gasteiger charge is -2.08. The fraction of sp³-hybridized carbons (Fsp3) is 0.364. The first-order chi connectivity index (χ1) is 8.33. The molecule has 3 rings (SSSR count). The van der Waals surface area contributed by atoms with Crippen LogP contribution in [0.15, 0.2) is 18.6 Å². The maximum Gasteiger partial charge on any atom is 0.180 e. The number of halogens is 1. The summed E-state index contributed by atoms with van der Waals surface area (Å²) < 4.78 is 0. The van der Waals surface area contributed by atoms with Crippen molar-refractivity contribution in [3.8, 4) is 10.6 Å². The molecule has 5 nitrogen and oxygen atoms in total. The molecule has 3 heterocycles. The second kappa shape index (κ2) is 5.60. The smallest absolute Gasteiger partial charge is 0.180 e. The van der Waals surface area contributed by atoms with Gasteiger partial charge in [0.1, 0.15) is 5.69 Å². The zero-order valence-electron chi connectivity index (χ0n) is 9.67. The first-order valence-electron chi connectivity index (χ1n) is 5.60. The van der Waals surface area contributed by atoms with Crippen LogP contribution in [-0.4, -0.2) is 21.5 Å². The molecule has 7 heteroatoms. The van der Waals surface area contributed by atoms with Crippen LogP contribution in [0.4, 0.5) is 5.13 Å².